The van der Waals surface area contributed by atoms with Gasteiger partial charge in [-0.3, -0.25) is 0 Å². The number of allylic oxidation sites excluding steroid dienone is 4. The van der Waals surface area contributed by atoms with Crippen LogP contribution in [0.4, 0.5) is 0 Å². The molecule has 0 heteroatoms. The maximum atomic E-state index is 3.31. The number of unbranched alkanes of at least 4 members (excludes halogenated alkanes) is 2. The highest BCUT2D eigenvalue weighted by atomic mass is 14.2. The first kappa shape index (κ1) is 38.7. The highest BCUT2D eigenvalue weighted by Gasteiger charge is 2.15. The van der Waals surface area contributed by atoms with E-state index in [0.29, 0.717) is 0 Å². The Kier molecular flexibility index (Phi) is 15.7. The van der Waals surface area contributed by atoms with E-state index in [1.165, 1.54) is 117 Å². The van der Waals surface area contributed by atoms with Crippen molar-refractivity contribution < 1.29 is 0 Å². The molecule has 0 aromatic heterocycles. The number of hydrogen-bond acceptors (Lipinski definition) is 0. The number of aryl methyl sites for hydroxylation is 2. The highest BCUT2D eigenvalue weighted by Crippen LogP contribution is 2.33. The van der Waals surface area contributed by atoms with E-state index < -0.39 is 0 Å². The molecule has 2 aliphatic rings. The van der Waals surface area contributed by atoms with Crippen LogP contribution in [0.5, 0.6) is 0 Å². The second-order valence-electron chi connectivity index (χ2n) is 14.8. The lowest BCUT2D eigenvalue weighted by molar-refractivity contribution is 0.445. The Labute approximate surface area is 316 Å². The minimum absolute atomic E-state index is 0.886. The molecule has 0 spiro atoms. The van der Waals surface area contributed by atoms with E-state index in [0.717, 1.165) is 40.5 Å². The normalized spacial score (nSPS) is 16.5. The monoisotopic (exact) mass is 684 g/mol. The topological polar surface area (TPSA) is 0 Å². The lowest BCUT2D eigenvalue weighted by atomic mass is 9.84. The van der Waals surface area contributed by atoms with E-state index >= 15 is 0 Å². The molecule has 0 N–H and O–H groups in total. The van der Waals surface area contributed by atoms with Gasteiger partial charge >= 0.3 is 0 Å². The summed E-state index contributed by atoms with van der Waals surface area (Å²) in [5.41, 5.74) is 12.9. The fourth-order valence-corrected chi connectivity index (χ4v) is 7.32. The molecule has 0 nitrogen and oxygen atoms in total. The van der Waals surface area contributed by atoms with Crippen molar-refractivity contribution in [2.45, 2.75) is 118 Å². The predicted molar refractivity (Wildman–Crippen MR) is 226 cm³/mol. The molecule has 4 aromatic carbocycles. The molecular weight excluding hydrogens is 625 g/mol. The first-order valence-electron chi connectivity index (χ1n) is 20.4. The molecule has 2 atom stereocenters. The molecular formula is C52H60. The number of rotatable bonds is 10. The zero-order chi connectivity index (χ0) is 36.4. The largest absolute Gasteiger partial charge is 0.0804 e. The maximum Gasteiger partial charge on any atom is 0.0249 e. The van der Waals surface area contributed by atoms with Crippen molar-refractivity contribution in [2.75, 3.05) is 0 Å². The minimum Gasteiger partial charge on any atom is -0.0804 e. The lowest BCUT2D eigenvalue weighted by Crippen LogP contribution is -2.04. The molecule has 2 unspecified atom stereocenters. The van der Waals surface area contributed by atoms with Crippen LogP contribution in [-0.4, -0.2) is 0 Å². The average molecular weight is 685 g/mol. The van der Waals surface area contributed by atoms with Gasteiger partial charge in [-0.15, -0.1) is 0 Å². The molecule has 4 aromatic rings. The molecule has 0 heterocycles. The molecule has 6 rings (SSSR count). The predicted octanol–water partition coefficient (Wildman–Crippen LogP) is 14.0. The van der Waals surface area contributed by atoms with Gasteiger partial charge in [-0.05, 0) is 152 Å². The van der Waals surface area contributed by atoms with E-state index in [1.54, 1.807) is 0 Å². The van der Waals surface area contributed by atoms with E-state index in [9.17, 15) is 0 Å². The summed E-state index contributed by atoms with van der Waals surface area (Å²) in [7, 11) is 0. The van der Waals surface area contributed by atoms with Crippen LogP contribution in [-0.2, 0) is 12.8 Å². The van der Waals surface area contributed by atoms with Gasteiger partial charge in [0.2, 0.25) is 0 Å². The fraction of sp³-hybridized carbons (Fsp3) is 0.385. The molecule has 52 heavy (non-hydrogen) atoms. The molecule has 0 fully saturated rings. The Hall–Kier alpha value is -4.52. The van der Waals surface area contributed by atoms with Gasteiger partial charge in [-0.25, -0.2) is 0 Å². The Morgan fingerprint density at radius 3 is 1.31 bits per heavy atom. The summed E-state index contributed by atoms with van der Waals surface area (Å²) < 4.78 is 0. The van der Waals surface area contributed by atoms with Crippen LogP contribution in [0.25, 0.3) is 11.1 Å². The molecule has 0 bridgehead atoms. The summed E-state index contributed by atoms with van der Waals surface area (Å²) in [6.07, 6.45) is 22.6. The van der Waals surface area contributed by atoms with Gasteiger partial charge in [-0.2, -0.15) is 0 Å². The van der Waals surface area contributed by atoms with Crippen LogP contribution in [0.1, 0.15) is 149 Å². The molecule has 0 aliphatic heterocycles. The standard InChI is InChI=1S/C27H32.C25H28/c1-3-5-6-7-23-8-10-24(11-9-23)12-13-25-16-20-27(21-17-25)26-18-14-22(4-2)15-19-26;1-3-5-21-12-16-24(17-13-21)25-18-14-23(15-19-25)11-10-22-8-6-20(4-2)7-9-22/h8-11,16-18,20-22H,3-7,14-15,19H2,1-2H3;6-9,14-16,18-19,21H,3-5,12-13,17H2,1-2H3. The van der Waals surface area contributed by atoms with Crippen LogP contribution < -0.4 is 0 Å². The molecule has 0 saturated heterocycles. The van der Waals surface area contributed by atoms with Gasteiger partial charge in [-0.1, -0.05) is 144 Å². The molecule has 0 amide bonds. The SMILES string of the molecule is CCCC1CC=C(c2ccc(C#Cc3ccc(CC)cc3)cc2)CC1.CCCCCc1ccc(C#Cc2ccc(C3=CCC(CC)CC3)cc2)cc1. The molecule has 0 radical (unpaired) electrons. The molecule has 0 saturated carbocycles. The van der Waals surface area contributed by atoms with Crippen molar-refractivity contribution in [3.05, 3.63) is 154 Å². The van der Waals surface area contributed by atoms with Crippen molar-refractivity contribution >= 4 is 11.1 Å². The van der Waals surface area contributed by atoms with Crippen molar-refractivity contribution in [3.8, 4) is 23.7 Å². The van der Waals surface area contributed by atoms with Crippen molar-refractivity contribution in [1.29, 1.82) is 0 Å². The lowest BCUT2D eigenvalue weighted by Gasteiger charge is -2.21. The Balaban J connectivity index is 0.000000202. The van der Waals surface area contributed by atoms with Crippen molar-refractivity contribution in [2.24, 2.45) is 11.8 Å². The van der Waals surface area contributed by atoms with Crippen LogP contribution in [0.2, 0.25) is 0 Å². The zero-order valence-corrected chi connectivity index (χ0v) is 32.4. The van der Waals surface area contributed by atoms with E-state index in [2.05, 4.69) is 161 Å². The third-order valence-corrected chi connectivity index (χ3v) is 10.9. The fourth-order valence-electron chi connectivity index (χ4n) is 7.32. The molecule has 268 valence electrons. The van der Waals surface area contributed by atoms with Gasteiger partial charge < -0.3 is 0 Å². The van der Waals surface area contributed by atoms with E-state index in [4.69, 9.17) is 0 Å². The van der Waals surface area contributed by atoms with Gasteiger partial charge in [0, 0.05) is 22.3 Å². The van der Waals surface area contributed by atoms with Gasteiger partial charge in [0.15, 0.2) is 0 Å². The van der Waals surface area contributed by atoms with Crippen molar-refractivity contribution in [3.63, 3.8) is 0 Å². The third-order valence-electron chi connectivity index (χ3n) is 10.9. The Morgan fingerprint density at radius 2 is 0.923 bits per heavy atom. The second-order valence-corrected chi connectivity index (χ2v) is 14.8. The first-order chi connectivity index (χ1) is 25.6. The van der Waals surface area contributed by atoms with Crippen LogP contribution >= 0.6 is 0 Å². The third kappa shape index (κ3) is 12.3. The number of hydrogen-bond donors (Lipinski definition) is 0. The summed E-state index contributed by atoms with van der Waals surface area (Å²) in [6, 6.07) is 34.9. The summed E-state index contributed by atoms with van der Waals surface area (Å²) in [6.45, 7) is 9.02. The van der Waals surface area contributed by atoms with E-state index in [-0.39, 0.29) is 0 Å². The van der Waals surface area contributed by atoms with Crippen LogP contribution in [0, 0.1) is 35.5 Å². The van der Waals surface area contributed by atoms with E-state index in [1.807, 2.05) is 0 Å². The highest BCUT2D eigenvalue weighted by molar-refractivity contribution is 5.68. The molecule has 2 aliphatic carbocycles. The first-order valence-corrected chi connectivity index (χ1v) is 20.4. The Bertz CT molecular complexity index is 1840. The van der Waals surface area contributed by atoms with Gasteiger partial charge in [0.05, 0.1) is 0 Å². The van der Waals surface area contributed by atoms with Crippen LogP contribution in [0.15, 0.2) is 109 Å². The minimum atomic E-state index is 0.886. The number of benzene rings is 4. The Morgan fingerprint density at radius 1 is 0.481 bits per heavy atom. The second kappa shape index (κ2) is 21.1. The summed E-state index contributed by atoms with van der Waals surface area (Å²) in [5, 5.41) is 0. The van der Waals surface area contributed by atoms with Crippen molar-refractivity contribution in [1.82, 2.24) is 0 Å². The summed E-state index contributed by atoms with van der Waals surface area (Å²) in [4.78, 5) is 0. The smallest absolute Gasteiger partial charge is 0.0249 e. The van der Waals surface area contributed by atoms with Gasteiger partial charge in [0.25, 0.3) is 0 Å². The maximum absolute atomic E-state index is 3.31. The van der Waals surface area contributed by atoms with Gasteiger partial charge in [0.1, 0.15) is 0 Å². The average Bonchev–Trinajstić information content (AvgIpc) is 3.21. The quantitative estimate of drug-likeness (QED) is 0.115. The van der Waals surface area contributed by atoms with Crippen LogP contribution in [0.3, 0.4) is 0 Å². The summed E-state index contributed by atoms with van der Waals surface area (Å²) >= 11 is 0. The summed E-state index contributed by atoms with van der Waals surface area (Å²) in [5.74, 6) is 14.9. The zero-order valence-electron chi connectivity index (χ0n) is 32.4.